The molecule has 1 heterocycles. The number of para-hydroxylation sites is 1. The average molecular weight is 274 g/mol. The first-order chi connectivity index (χ1) is 9.54. The third-order valence-electron chi connectivity index (χ3n) is 3.07. The van der Waals surface area contributed by atoms with Crippen LogP contribution in [0, 0.1) is 6.92 Å². The Kier molecular flexibility index (Phi) is 3.93. The van der Waals surface area contributed by atoms with Crippen LogP contribution < -0.4 is 15.8 Å². The summed E-state index contributed by atoms with van der Waals surface area (Å²) in [6.07, 6.45) is 0. The Morgan fingerprint density at radius 1 is 1.40 bits per heavy atom. The zero-order chi connectivity index (χ0) is 14.7. The third-order valence-corrected chi connectivity index (χ3v) is 3.07. The fraction of sp³-hybridized carbons (Fsp3) is 0.286. The van der Waals surface area contributed by atoms with Crippen molar-refractivity contribution in [2.45, 2.75) is 13.0 Å². The number of primary amides is 1. The van der Waals surface area contributed by atoms with E-state index in [1.165, 1.54) is 0 Å². The van der Waals surface area contributed by atoms with Gasteiger partial charge in [-0.25, -0.2) is 4.68 Å². The summed E-state index contributed by atoms with van der Waals surface area (Å²) in [7, 11) is 3.30. The summed E-state index contributed by atoms with van der Waals surface area (Å²) in [5, 5.41) is 7.39. The highest BCUT2D eigenvalue weighted by Gasteiger charge is 2.27. The predicted octanol–water partition coefficient (Wildman–Crippen LogP) is 1.38. The van der Waals surface area contributed by atoms with E-state index in [1.54, 1.807) is 18.8 Å². The van der Waals surface area contributed by atoms with E-state index in [0.717, 1.165) is 5.69 Å². The number of amides is 1. The summed E-state index contributed by atoms with van der Waals surface area (Å²) in [5.41, 5.74) is 7.70. The van der Waals surface area contributed by atoms with Crippen molar-refractivity contribution < 1.29 is 9.53 Å². The summed E-state index contributed by atoms with van der Waals surface area (Å²) in [6, 6.07) is 8.71. The second-order valence-electron chi connectivity index (χ2n) is 4.48. The maximum Gasteiger partial charge on any atom is 0.244 e. The molecule has 0 aliphatic carbocycles. The van der Waals surface area contributed by atoms with Gasteiger partial charge in [0.15, 0.2) is 0 Å². The molecule has 0 saturated heterocycles. The number of anilines is 1. The molecule has 1 amide bonds. The molecular formula is C14H18N4O2. The molecule has 1 unspecified atom stereocenters. The van der Waals surface area contributed by atoms with Crippen LogP contribution in [0.15, 0.2) is 30.3 Å². The number of hydrogen-bond donors (Lipinski definition) is 2. The first-order valence-corrected chi connectivity index (χ1v) is 6.23. The zero-order valence-electron chi connectivity index (χ0n) is 11.8. The number of methoxy groups -OCH3 is 1. The van der Waals surface area contributed by atoms with Crippen LogP contribution >= 0.6 is 0 Å². The lowest BCUT2D eigenvalue weighted by atomic mass is 10.1. The molecule has 6 heteroatoms. The predicted molar refractivity (Wildman–Crippen MR) is 76.5 cm³/mol. The lowest BCUT2D eigenvalue weighted by molar-refractivity contribution is -0.118. The first-order valence-electron chi connectivity index (χ1n) is 6.23. The molecule has 2 rings (SSSR count). The van der Waals surface area contributed by atoms with Crippen molar-refractivity contribution in [1.82, 2.24) is 9.78 Å². The van der Waals surface area contributed by atoms with Gasteiger partial charge in [-0.2, -0.15) is 5.10 Å². The van der Waals surface area contributed by atoms with E-state index >= 15 is 0 Å². The number of carbonyl (C=O) groups is 1. The third kappa shape index (κ3) is 2.59. The van der Waals surface area contributed by atoms with Crippen molar-refractivity contribution in [2.24, 2.45) is 12.8 Å². The SMILES string of the molecule is COc1c(C(Nc2ccccc2)C(N)=O)c(C)nn1C. The van der Waals surface area contributed by atoms with Gasteiger partial charge < -0.3 is 15.8 Å². The lowest BCUT2D eigenvalue weighted by Crippen LogP contribution is -2.28. The van der Waals surface area contributed by atoms with E-state index in [9.17, 15) is 4.79 Å². The van der Waals surface area contributed by atoms with Gasteiger partial charge >= 0.3 is 0 Å². The van der Waals surface area contributed by atoms with Crippen LogP contribution in [0.2, 0.25) is 0 Å². The van der Waals surface area contributed by atoms with Gasteiger partial charge in [0, 0.05) is 12.7 Å². The summed E-state index contributed by atoms with van der Waals surface area (Å²) in [5.74, 6) is 0.0398. The van der Waals surface area contributed by atoms with E-state index in [2.05, 4.69) is 10.4 Å². The molecule has 1 aromatic heterocycles. The van der Waals surface area contributed by atoms with Gasteiger partial charge in [-0.15, -0.1) is 0 Å². The topological polar surface area (TPSA) is 82.2 Å². The van der Waals surface area contributed by atoms with Gasteiger partial charge in [-0.05, 0) is 19.1 Å². The summed E-state index contributed by atoms with van der Waals surface area (Å²) in [4.78, 5) is 11.8. The minimum atomic E-state index is -0.693. The zero-order valence-corrected chi connectivity index (χ0v) is 11.8. The normalized spacial score (nSPS) is 11.9. The molecule has 0 bridgehead atoms. The number of nitrogens with zero attached hydrogens (tertiary/aromatic N) is 2. The molecule has 106 valence electrons. The molecule has 0 saturated carbocycles. The molecule has 3 N–H and O–H groups in total. The number of hydrogen-bond acceptors (Lipinski definition) is 4. The molecule has 0 spiro atoms. The van der Waals surface area contributed by atoms with Gasteiger partial charge in [0.05, 0.1) is 18.4 Å². The summed E-state index contributed by atoms with van der Waals surface area (Å²) >= 11 is 0. The molecule has 0 aliphatic rings. The van der Waals surface area contributed by atoms with Crippen molar-refractivity contribution in [3.05, 3.63) is 41.6 Å². The quantitative estimate of drug-likeness (QED) is 0.863. The van der Waals surface area contributed by atoms with Gasteiger partial charge in [-0.3, -0.25) is 4.79 Å². The van der Waals surface area contributed by atoms with Crippen molar-refractivity contribution >= 4 is 11.6 Å². The number of nitrogens with two attached hydrogens (primary N) is 1. The van der Waals surface area contributed by atoms with Crippen molar-refractivity contribution in [2.75, 3.05) is 12.4 Å². The fourth-order valence-corrected chi connectivity index (χ4v) is 2.21. The Labute approximate surface area is 117 Å². The maximum atomic E-state index is 11.8. The van der Waals surface area contributed by atoms with Crippen molar-refractivity contribution in [3.8, 4) is 5.88 Å². The molecule has 20 heavy (non-hydrogen) atoms. The molecule has 2 aromatic rings. The van der Waals surface area contributed by atoms with E-state index in [0.29, 0.717) is 17.1 Å². The number of carbonyl (C=O) groups excluding carboxylic acids is 1. The molecule has 1 aromatic carbocycles. The Bertz CT molecular complexity index is 607. The van der Waals surface area contributed by atoms with Gasteiger partial charge in [0.1, 0.15) is 6.04 Å². The van der Waals surface area contributed by atoms with Gasteiger partial charge in [0.25, 0.3) is 0 Å². The molecule has 0 aliphatic heterocycles. The molecular weight excluding hydrogens is 256 g/mol. The fourth-order valence-electron chi connectivity index (χ4n) is 2.21. The first kappa shape index (κ1) is 13.9. The van der Waals surface area contributed by atoms with E-state index < -0.39 is 11.9 Å². The van der Waals surface area contributed by atoms with Crippen LogP contribution in [-0.4, -0.2) is 22.8 Å². The maximum absolute atomic E-state index is 11.8. The lowest BCUT2D eigenvalue weighted by Gasteiger charge is -2.17. The van der Waals surface area contributed by atoms with Crippen molar-refractivity contribution in [3.63, 3.8) is 0 Å². The minimum absolute atomic E-state index is 0.483. The van der Waals surface area contributed by atoms with Crippen LogP contribution in [0.3, 0.4) is 0 Å². The van der Waals surface area contributed by atoms with Crippen LogP contribution in [0.5, 0.6) is 5.88 Å². The van der Waals surface area contributed by atoms with E-state index in [4.69, 9.17) is 10.5 Å². The second kappa shape index (κ2) is 5.64. The highest BCUT2D eigenvalue weighted by molar-refractivity contribution is 5.85. The van der Waals surface area contributed by atoms with Gasteiger partial charge in [-0.1, -0.05) is 18.2 Å². The number of rotatable bonds is 5. The van der Waals surface area contributed by atoms with E-state index in [-0.39, 0.29) is 0 Å². The second-order valence-corrected chi connectivity index (χ2v) is 4.48. The Balaban J connectivity index is 2.42. The number of aryl methyl sites for hydroxylation is 2. The standard InChI is InChI=1S/C14H18N4O2/c1-9-11(14(20-3)18(2)17-9)12(13(15)19)16-10-7-5-4-6-8-10/h4-8,12,16H,1-3H3,(H2,15,19). The largest absolute Gasteiger partial charge is 0.481 e. The van der Waals surface area contributed by atoms with Crippen molar-refractivity contribution in [1.29, 1.82) is 0 Å². The monoisotopic (exact) mass is 274 g/mol. The average Bonchev–Trinajstić information content (AvgIpc) is 2.70. The minimum Gasteiger partial charge on any atom is -0.481 e. The smallest absolute Gasteiger partial charge is 0.244 e. The number of ether oxygens (including phenoxy) is 1. The summed E-state index contributed by atoms with van der Waals surface area (Å²) < 4.78 is 6.91. The number of benzene rings is 1. The summed E-state index contributed by atoms with van der Waals surface area (Å²) in [6.45, 7) is 1.82. The van der Waals surface area contributed by atoms with Gasteiger partial charge in [0.2, 0.25) is 11.8 Å². The molecule has 1 atom stereocenters. The number of nitrogens with one attached hydrogen (secondary N) is 1. The Morgan fingerprint density at radius 3 is 2.60 bits per heavy atom. The van der Waals surface area contributed by atoms with Crippen LogP contribution in [0.1, 0.15) is 17.3 Å². The van der Waals surface area contributed by atoms with Crippen LogP contribution in [0.25, 0.3) is 0 Å². The highest BCUT2D eigenvalue weighted by atomic mass is 16.5. The number of aromatic nitrogens is 2. The Hall–Kier alpha value is -2.50. The highest BCUT2D eigenvalue weighted by Crippen LogP contribution is 2.30. The molecule has 6 nitrogen and oxygen atoms in total. The molecule has 0 radical (unpaired) electrons. The van der Waals surface area contributed by atoms with E-state index in [1.807, 2.05) is 37.3 Å². The Morgan fingerprint density at radius 2 is 2.05 bits per heavy atom. The van der Waals surface area contributed by atoms with Crippen LogP contribution in [0.4, 0.5) is 5.69 Å². The van der Waals surface area contributed by atoms with Crippen LogP contribution in [-0.2, 0) is 11.8 Å². The molecule has 0 fully saturated rings.